The van der Waals surface area contributed by atoms with Crippen LogP contribution in [0.3, 0.4) is 0 Å². The van der Waals surface area contributed by atoms with Gasteiger partial charge in [0.15, 0.2) is 0 Å². The van der Waals surface area contributed by atoms with Crippen LogP contribution in [0.1, 0.15) is 18.5 Å². The number of imidazole rings is 1. The molecule has 1 heterocycles. The van der Waals surface area contributed by atoms with Gasteiger partial charge < -0.3 is 15.0 Å². The molecule has 0 aliphatic carbocycles. The fourth-order valence-electron chi connectivity index (χ4n) is 1.98. The number of nitrogens with zero attached hydrogens (tertiary/aromatic N) is 2. The summed E-state index contributed by atoms with van der Waals surface area (Å²) in [4.78, 5) is 4.07. The smallest absolute Gasteiger partial charge is 0.118 e. The van der Waals surface area contributed by atoms with E-state index in [0.29, 0.717) is 0 Å². The molecule has 2 rings (SSSR count). The number of nitrogens with two attached hydrogens (primary N) is 1. The summed E-state index contributed by atoms with van der Waals surface area (Å²) in [6, 6.07) is 8.07. The maximum absolute atomic E-state index is 6.05. The Morgan fingerprint density at radius 2 is 2.00 bits per heavy atom. The summed E-state index contributed by atoms with van der Waals surface area (Å²) in [6.07, 6.45) is 5.48. The van der Waals surface area contributed by atoms with Crippen LogP contribution in [0, 0.1) is 0 Å². The average Bonchev–Trinajstić information content (AvgIpc) is 2.83. The molecule has 0 saturated heterocycles. The highest BCUT2D eigenvalue weighted by Gasteiger charge is 2.17. The van der Waals surface area contributed by atoms with Gasteiger partial charge in [0.2, 0.25) is 0 Å². The summed E-state index contributed by atoms with van der Waals surface area (Å²) in [5.41, 5.74) is 7.20. The molecule has 2 aromatic rings. The molecule has 0 radical (unpaired) electrons. The summed E-state index contributed by atoms with van der Waals surface area (Å²) in [7, 11) is 1.66. The first kappa shape index (κ1) is 11.7. The first-order chi connectivity index (χ1) is 8.22. The minimum Gasteiger partial charge on any atom is -0.497 e. The third kappa shape index (κ3) is 2.47. The van der Waals surface area contributed by atoms with Crippen molar-refractivity contribution in [2.24, 2.45) is 5.73 Å². The Kier molecular flexibility index (Phi) is 3.44. The largest absolute Gasteiger partial charge is 0.497 e. The van der Waals surface area contributed by atoms with Crippen molar-refractivity contribution in [1.29, 1.82) is 0 Å². The summed E-state index contributed by atoms with van der Waals surface area (Å²) in [6.45, 7) is 1.99. The monoisotopic (exact) mass is 231 g/mol. The number of benzene rings is 1. The molecule has 0 saturated carbocycles. The van der Waals surface area contributed by atoms with E-state index in [4.69, 9.17) is 10.5 Å². The number of aromatic nitrogens is 2. The zero-order valence-electron chi connectivity index (χ0n) is 10.1. The molecule has 2 N–H and O–H groups in total. The molecule has 4 heteroatoms. The molecule has 0 fully saturated rings. The van der Waals surface area contributed by atoms with Gasteiger partial charge in [-0.2, -0.15) is 0 Å². The predicted octanol–water partition coefficient (Wildman–Crippen LogP) is 1.83. The predicted molar refractivity (Wildman–Crippen MR) is 67.0 cm³/mol. The average molecular weight is 231 g/mol. The lowest BCUT2D eigenvalue weighted by atomic mass is 10.0. The van der Waals surface area contributed by atoms with Crippen molar-refractivity contribution in [1.82, 2.24) is 9.55 Å². The molecule has 17 heavy (non-hydrogen) atoms. The maximum Gasteiger partial charge on any atom is 0.118 e. The number of ether oxygens (including phenoxy) is 1. The highest BCUT2D eigenvalue weighted by molar-refractivity contribution is 5.30. The lowest BCUT2D eigenvalue weighted by molar-refractivity contribution is 0.414. The normalized spacial score (nSPS) is 14.3. The first-order valence-electron chi connectivity index (χ1n) is 5.59. The maximum atomic E-state index is 6.05. The molecule has 90 valence electrons. The van der Waals surface area contributed by atoms with Crippen LogP contribution in [-0.2, 0) is 0 Å². The van der Waals surface area contributed by atoms with Gasteiger partial charge in [0.25, 0.3) is 0 Å². The quantitative estimate of drug-likeness (QED) is 0.873. The second kappa shape index (κ2) is 5.01. The van der Waals surface area contributed by atoms with Gasteiger partial charge in [-0.3, -0.25) is 0 Å². The molecule has 2 unspecified atom stereocenters. The van der Waals surface area contributed by atoms with E-state index in [-0.39, 0.29) is 12.1 Å². The van der Waals surface area contributed by atoms with Gasteiger partial charge in [-0.05, 0) is 24.6 Å². The molecule has 0 spiro atoms. The molecule has 0 bridgehead atoms. The zero-order chi connectivity index (χ0) is 12.3. The number of hydrogen-bond donors (Lipinski definition) is 1. The first-order valence-corrected chi connectivity index (χ1v) is 5.59. The topological polar surface area (TPSA) is 53.1 Å². The highest BCUT2D eigenvalue weighted by Crippen LogP contribution is 2.23. The van der Waals surface area contributed by atoms with E-state index in [1.807, 2.05) is 42.0 Å². The standard InChI is InChI=1S/C13H17N3O/c1-10(14)13(16-8-7-15-9-16)11-3-5-12(17-2)6-4-11/h3-10,13H,14H2,1-2H3. The van der Waals surface area contributed by atoms with E-state index >= 15 is 0 Å². The molecule has 0 aliphatic heterocycles. The van der Waals surface area contributed by atoms with Crippen LogP contribution in [-0.4, -0.2) is 22.7 Å². The van der Waals surface area contributed by atoms with Gasteiger partial charge in [0, 0.05) is 18.4 Å². The summed E-state index contributed by atoms with van der Waals surface area (Å²) in [5.74, 6) is 0.850. The Labute approximate surface area is 101 Å². The minimum absolute atomic E-state index is 0.0117. The number of methoxy groups -OCH3 is 1. The van der Waals surface area contributed by atoms with Crippen molar-refractivity contribution in [2.45, 2.75) is 19.0 Å². The fourth-order valence-corrected chi connectivity index (χ4v) is 1.98. The highest BCUT2D eigenvalue weighted by atomic mass is 16.5. The van der Waals surface area contributed by atoms with Crippen LogP contribution in [0.25, 0.3) is 0 Å². The van der Waals surface area contributed by atoms with Gasteiger partial charge in [0.1, 0.15) is 5.75 Å². The van der Waals surface area contributed by atoms with E-state index in [1.54, 1.807) is 19.6 Å². The van der Waals surface area contributed by atoms with Gasteiger partial charge in [0.05, 0.1) is 19.5 Å². The minimum atomic E-state index is 0.0117. The van der Waals surface area contributed by atoms with Gasteiger partial charge in [-0.15, -0.1) is 0 Å². The van der Waals surface area contributed by atoms with E-state index in [2.05, 4.69) is 4.98 Å². The van der Waals surface area contributed by atoms with Crippen LogP contribution < -0.4 is 10.5 Å². The van der Waals surface area contributed by atoms with Gasteiger partial charge in [-0.25, -0.2) is 4.98 Å². The van der Waals surface area contributed by atoms with Crippen LogP contribution in [0.15, 0.2) is 43.0 Å². The Hall–Kier alpha value is -1.81. The number of hydrogen-bond acceptors (Lipinski definition) is 3. The zero-order valence-corrected chi connectivity index (χ0v) is 10.1. The summed E-state index contributed by atoms with van der Waals surface area (Å²) in [5, 5.41) is 0. The van der Waals surface area contributed by atoms with Gasteiger partial charge >= 0.3 is 0 Å². The lowest BCUT2D eigenvalue weighted by Crippen LogP contribution is -2.29. The van der Waals surface area contributed by atoms with Crippen molar-refractivity contribution in [3.63, 3.8) is 0 Å². The lowest BCUT2D eigenvalue weighted by Gasteiger charge is -2.22. The van der Waals surface area contributed by atoms with Crippen LogP contribution in [0.4, 0.5) is 0 Å². The second-order valence-corrected chi connectivity index (χ2v) is 4.09. The van der Waals surface area contributed by atoms with E-state index < -0.39 is 0 Å². The third-order valence-corrected chi connectivity index (χ3v) is 2.80. The van der Waals surface area contributed by atoms with E-state index in [0.717, 1.165) is 11.3 Å². The third-order valence-electron chi connectivity index (χ3n) is 2.80. The molecular weight excluding hydrogens is 214 g/mol. The number of rotatable bonds is 4. The Morgan fingerprint density at radius 1 is 1.29 bits per heavy atom. The van der Waals surface area contributed by atoms with Crippen LogP contribution >= 0.6 is 0 Å². The molecular formula is C13H17N3O. The second-order valence-electron chi connectivity index (χ2n) is 4.09. The molecule has 1 aromatic heterocycles. The van der Waals surface area contributed by atoms with Crippen molar-refractivity contribution in [3.8, 4) is 5.75 Å². The Bertz CT molecular complexity index is 448. The summed E-state index contributed by atoms with van der Waals surface area (Å²) >= 11 is 0. The molecule has 1 aromatic carbocycles. The molecule has 0 amide bonds. The van der Waals surface area contributed by atoms with Crippen LogP contribution in [0.2, 0.25) is 0 Å². The van der Waals surface area contributed by atoms with Crippen molar-refractivity contribution >= 4 is 0 Å². The Morgan fingerprint density at radius 3 is 2.47 bits per heavy atom. The molecule has 0 aliphatic rings. The van der Waals surface area contributed by atoms with Crippen molar-refractivity contribution < 1.29 is 4.74 Å². The van der Waals surface area contributed by atoms with E-state index in [9.17, 15) is 0 Å². The fraction of sp³-hybridized carbons (Fsp3) is 0.308. The van der Waals surface area contributed by atoms with Gasteiger partial charge in [-0.1, -0.05) is 12.1 Å². The SMILES string of the molecule is COc1ccc(C(C(C)N)n2ccnc2)cc1. The van der Waals surface area contributed by atoms with Crippen molar-refractivity contribution in [2.75, 3.05) is 7.11 Å². The van der Waals surface area contributed by atoms with Crippen molar-refractivity contribution in [3.05, 3.63) is 48.5 Å². The molecule has 4 nitrogen and oxygen atoms in total. The van der Waals surface area contributed by atoms with Crippen LogP contribution in [0.5, 0.6) is 5.75 Å². The Balaban J connectivity index is 2.33. The summed E-state index contributed by atoms with van der Waals surface area (Å²) < 4.78 is 7.17. The molecule has 2 atom stereocenters. The van der Waals surface area contributed by atoms with E-state index in [1.165, 1.54) is 0 Å².